The lowest BCUT2D eigenvalue weighted by atomic mass is 10.0. The summed E-state index contributed by atoms with van der Waals surface area (Å²) < 4.78 is 17.4. The van der Waals surface area contributed by atoms with Gasteiger partial charge in [0.25, 0.3) is 0 Å². The molecule has 250 valence electrons. The number of furan rings is 2. The van der Waals surface area contributed by atoms with Crippen molar-refractivity contribution >= 4 is 87.5 Å². The third-order valence-corrected chi connectivity index (χ3v) is 11.2. The minimum absolute atomic E-state index is 0.587. The Labute approximate surface area is 307 Å². The second kappa shape index (κ2) is 10.7. The maximum atomic E-state index is 10.7. The van der Waals surface area contributed by atoms with E-state index in [0.717, 1.165) is 99.2 Å². The number of hydrogen-bond acceptors (Lipinski definition) is 3. The number of nitriles is 1. The Balaban J connectivity index is 1.03. The van der Waals surface area contributed by atoms with Crippen molar-refractivity contribution in [1.82, 2.24) is 9.13 Å². The lowest BCUT2D eigenvalue weighted by Gasteiger charge is -2.13. The fourth-order valence-electron chi connectivity index (χ4n) is 8.82. The van der Waals surface area contributed by atoms with E-state index in [1.807, 2.05) is 42.5 Å². The highest BCUT2D eigenvalue weighted by atomic mass is 16.3. The van der Waals surface area contributed by atoms with Crippen LogP contribution in [-0.2, 0) is 0 Å². The van der Waals surface area contributed by atoms with Gasteiger partial charge in [0.2, 0.25) is 0 Å². The standard InChI is InChI=1S/C49H27N3O2/c50-28-31-27-30(19-25-40(31)52-42-14-6-2-10-34(42)37-22-23-38-35-11-3-7-15-43(35)54-49(38)48(37)52)29-17-20-32(21-18-29)51-41-13-5-1-9-33(41)36-24-26-45-46(47(36)51)39-12-4-8-16-44(39)53-45/h1-27H. The average Bonchev–Trinajstić information content (AvgIpc) is 3.98. The quantitative estimate of drug-likeness (QED) is 0.185. The molecular formula is C49H27N3O2. The highest BCUT2D eigenvalue weighted by Crippen LogP contribution is 2.43. The molecule has 0 aliphatic rings. The summed E-state index contributed by atoms with van der Waals surface area (Å²) in [6.07, 6.45) is 0. The van der Waals surface area contributed by atoms with Crippen LogP contribution in [0.25, 0.3) is 110 Å². The predicted molar refractivity (Wildman–Crippen MR) is 220 cm³/mol. The molecule has 12 rings (SSSR count). The third kappa shape index (κ3) is 3.86. The molecule has 0 bridgehead atoms. The van der Waals surface area contributed by atoms with Crippen LogP contribution in [0.1, 0.15) is 5.56 Å². The molecule has 0 saturated heterocycles. The molecule has 8 aromatic carbocycles. The molecule has 54 heavy (non-hydrogen) atoms. The maximum Gasteiger partial charge on any atom is 0.160 e. The molecule has 4 heterocycles. The van der Waals surface area contributed by atoms with Gasteiger partial charge in [-0.1, -0.05) is 97.1 Å². The molecular weight excluding hydrogens is 663 g/mol. The van der Waals surface area contributed by atoms with Crippen molar-refractivity contribution in [3.8, 4) is 28.6 Å². The van der Waals surface area contributed by atoms with Crippen LogP contribution >= 0.6 is 0 Å². The van der Waals surface area contributed by atoms with E-state index in [4.69, 9.17) is 8.83 Å². The fourth-order valence-corrected chi connectivity index (χ4v) is 8.82. The van der Waals surface area contributed by atoms with Gasteiger partial charge in [-0.15, -0.1) is 0 Å². The Hall–Kier alpha value is -7.55. The SMILES string of the molecule is N#Cc1cc(-c2ccc(-n3c4ccccc4c4ccc5oc6ccccc6c5c43)cc2)ccc1-n1c2ccccc2c2ccc3c4ccccc4oc3c21. The van der Waals surface area contributed by atoms with Gasteiger partial charge in [-0.2, -0.15) is 5.26 Å². The number of para-hydroxylation sites is 4. The molecule has 0 amide bonds. The molecule has 5 heteroatoms. The Morgan fingerprint density at radius 3 is 1.78 bits per heavy atom. The average molecular weight is 690 g/mol. The summed E-state index contributed by atoms with van der Waals surface area (Å²) in [6.45, 7) is 0. The first-order valence-corrected chi connectivity index (χ1v) is 18.1. The fraction of sp³-hybridized carbons (Fsp3) is 0. The van der Waals surface area contributed by atoms with Crippen LogP contribution < -0.4 is 0 Å². The second-order valence-electron chi connectivity index (χ2n) is 14.0. The predicted octanol–water partition coefficient (Wildman–Crippen LogP) is 13.2. The summed E-state index contributed by atoms with van der Waals surface area (Å²) in [6, 6.07) is 59.3. The molecule has 0 spiro atoms. The van der Waals surface area contributed by atoms with Crippen LogP contribution in [0.15, 0.2) is 173 Å². The van der Waals surface area contributed by atoms with Gasteiger partial charge in [0.1, 0.15) is 22.8 Å². The van der Waals surface area contributed by atoms with Gasteiger partial charge in [-0.3, -0.25) is 0 Å². The normalized spacial score (nSPS) is 12.1. The van der Waals surface area contributed by atoms with Gasteiger partial charge in [0.05, 0.1) is 38.7 Å². The van der Waals surface area contributed by atoms with Gasteiger partial charge < -0.3 is 18.0 Å². The summed E-state index contributed by atoms with van der Waals surface area (Å²) in [5, 5.41) is 19.6. The van der Waals surface area contributed by atoms with Crippen molar-refractivity contribution in [2.45, 2.75) is 0 Å². The molecule has 0 radical (unpaired) electrons. The molecule has 4 aromatic heterocycles. The van der Waals surface area contributed by atoms with Crippen molar-refractivity contribution in [1.29, 1.82) is 5.26 Å². The number of aromatic nitrogens is 2. The van der Waals surface area contributed by atoms with Gasteiger partial charge in [-0.05, 0) is 77.9 Å². The molecule has 0 atom stereocenters. The Morgan fingerprint density at radius 2 is 1.02 bits per heavy atom. The van der Waals surface area contributed by atoms with Gasteiger partial charge in [-0.25, -0.2) is 0 Å². The summed E-state index contributed by atoms with van der Waals surface area (Å²) in [7, 11) is 0. The van der Waals surface area contributed by atoms with Gasteiger partial charge >= 0.3 is 0 Å². The van der Waals surface area contributed by atoms with E-state index in [0.29, 0.717) is 5.56 Å². The molecule has 0 unspecified atom stereocenters. The van der Waals surface area contributed by atoms with Crippen LogP contribution in [0.3, 0.4) is 0 Å². The molecule has 0 fully saturated rings. The lowest BCUT2D eigenvalue weighted by Crippen LogP contribution is -1.98. The first-order chi connectivity index (χ1) is 26.7. The van der Waals surface area contributed by atoms with E-state index in [2.05, 4.69) is 137 Å². The summed E-state index contributed by atoms with van der Waals surface area (Å²) >= 11 is 0. The van der Waals surface area contributed by atoms with Gasteiger partial charge in [0, 0.05) is 43.4 Å². The smallest absolute Gasteiger partial charge is 0.160 e. The highest BCUT2D eigenvalue weighted by Gasteiger charge is 2.22. The van der Waals surface area contributed by atoms with Crippen LogP contribution in [0.5, 0.6) is 0 Å². The van der Waals surface area contributed by atoms with Crippen molar-refractivity contribution in [3.63, 3.8) is 0 Å². The molecule has 0 N–H and O–H groups in total. The molecule has 0 saturated carbocycles. The van der Waals surface area contributed by atoms with Gasteiger partial charge in [0.15, 0.2) is 5.58 Å². The van der Waals surface area contributed by atoms with Crippen molar-refractivity contribution in [2.75, 3.05) is 0 Å². The zero-order valence-corrected chi connectivity index (χ0v) is 28.7. The number of hydrogen-bond donors (Lipinski definition) is 0. The largest absolute Gasteiger partial charge is 0.456 e. The van der Waals surface area contributed by atoms with Crippen LogP contribution in [-0.4, -0.2) is 9.13 Å². The van der Waals surface area contributed by atoms with E-state index in [-0.39, 0.29) is 0 Å². The highest BCUT2D eigenvalue weighted by molar-refractivity contribution is 6.25. The third-order valence-electron chi connectivity index (χ3n) is 11.2. The number of benzene rings is 8. The van der Waals surface area contributed by atoms with E-state index >= 15 is 0 Å². The zero-order valence-electron chi connectivity index (χ0n) is 28.7. The molecule has 5 nitrogen and oxygen atoms in total. The van der Waals surface area contributed by atoms with E-state index in [1.165, 1.54) is 10.8 Å². The monoisotopic (exact) mass is 689 g/mol. The van der Waals surface area contributed by atoms with Crippen molar-refractivity contribution < 1.29 is 8.83 Å². The van der Waals surface area contributed by atoms with E-state index in [1.54, 1.807) is 0 Å². The zero-order chi connectivity index (χ0) is 35.5. The number of nitrogens with zero attached hydrogens (tertiary/aromatic N) is 3. The van der Waals surface area contributed by atoms with E-state index in [9.17, 15) is 5.26 Å². The minimum Gasteiger partial charge on any atom is -0.456 e. The second-order valence-corrected chi connectivity index (χ2v) is 14.0. The van der Waals surface area contributed by atoms with E-state index < -0.39 is 0 Å². The molecule has 0 aliphatic carbocycles. The molecule has 12 aromatic rings. The topological polar surface area (TPSA) is 59.9 Å². The molecule has 0 aliphatic heterocycles. The Kier molecular flexibility index (Phi) is 5.78. The number of fused-ring (bicyclic) bond motifs is 14. The van der Waals surface area contributed by atoms with Crippen LogP contribution in [0.4, 0.5) is 0 Å². The van der Waals surface area contributed by atoms with Crippen LogP contribution in [0, 0.1) is 11.3 Å². The lowest BCUT2D eigenvalue weighted by molar-refractivity contribution is 0.669. The Morgan fingerprint density at radius 1 is 0.426 bits per heavy atom. The van der Waals surface area contributed by atoms with Crippen LogP contribution in [0.2, 0.25) is 0 Å². The Bertz CT molecular complexity index is 3570. The number of rotatable bonds is 3. The summed E-state index contributed by atoms with van der Waals surface area (Å²) in [5.41, 5.74) is 12.1. The maximum absolute atomic E-state index is 10.7. The summed E-state index contributed by atoms with van der Waals surface area (Å²) in [5.74, 6) is 0. The first-order valence-electron chi connectivity index (χ1n) is 18.1. The summed E-state index contributed by atoms with van der Waals surface area (Å²) in [4.78, 5) is 0. The first kappa shape index (κ1) is 29.1. The minimum atomic E-state index is 0.587. The van der Waals surface area contributed by atoms with Crippen molar-refractivity contribution in [2.24, 2.45) is 0 Å². The van der Waals surface area contributed by atoms with Crippen molar-refractivity contribution in [3.05, 3.63) is 169 Å².